The van der Waals surface area contributed by atoms with Gasteiger partial charge in [-0.2, -0.15) is 0 Å². The van der Waals surface area contributed by atoms with Crippen molar-refractivity contribution in [2.45, 2.75) is 0 Å². The maximum absolute atomic E-state index is 12.3. The summed E-state index contributed by atoms with van der Waals surface area (Å²) in [5.41, 5.74) is 5.95. The van der Waals surface area contributed by atoms with Gasteiger partial charge in [-0.3, -0.25) is 25.2 Å². The van der Waals surface area contributed by atoms with Gasteiger partial charge in [-0.1, -0.05) is 18.2 Å². The van der Waals surface area contributed by atoms with Gasteiger partial charge in [0.2, 0.25) is 0 Å². The van der Waals surface area contributed by atoms with Crippen LogP contribution in [0.15, 0.2) is 53.3 Å². The third-order valence-electron chi connectivity index (χ3n) is 3.61. The van der Waals surface area contributed by atoms with E-state index in [1.807, 2.05) is 35.9 Å². The Morgan fingerprint density at radius 2 is 1.84 bits per heavy atom. The number of benzene rings is 1. The van der Waals surface area contributed by atoms with Crippen LogP contribution in [0, 0.1) is 0 Å². The van der Waals surface area contributed by atoms with Crippen LogP contribution in [0.1, 0.15) is 20.9 Å². The number of carbonyl (C=O) groups is 3. The van der Waals surface area contributed by atoms with Crippen molar-refractivity contribution < 1.29 is 18.8 Å². The van der Waals surface area contributed by atoms with E-state index in [1.54, 1.807) is 12.3 Å². The van der Waals surface area contributed by atoms with Gasteiger partial charge in [0.15, 0.2) is 5.76 Å². The van der Waals surface area contributed by atoms with Gasteiger partial charge in [0.05, 0.1) is 18.4 Å². The minimum Gasteiger partial charge on any atom is -0.459 e. The molecule has 3 amide bonds. The van der Waals surface area contributed by atoms with Crippen molar-refractivity contribution in [3.8, 4) is 0 Å². The molecule has 8 heteroatoms. The molecule has 1 aromatic carbocycles. The fraction of sp³-hybridized carbons (Fsp3) is 0.118. The summed E-state index contributed by atoms with van der Waals surface area (Å²) >= 11 is 0. The zero-order valence-corrected chi connectivity index (χ0v) is 13.4. The minimum absolute atomic E-state index is 0.104. The molecule has 3 rings (SSSR count). The van der Waals surface area contributed by atoms with Gasteiger partial charge in [0, 0.05) is 24.1 Å². The average molecular weight is 340 g/mol. The van der Waals surface area contributed by atoms with Crippen LogP contribution in [0.25, 0.3) is 10.9 Å². The smallest absolute Gasteiger partial charge is 0.287 e. The van der Waals surface area contributed by atoms with E-state index in [0.717, 1.165) is 10.9 Å². The van der Waals surface area contributed by atoms with Crippen molar-refractivity contribution in [3.63, 3.8) is 0 Å². The van der Waals surface area contributed by atoms with Crippen LogP contribution >= 0.6 is 0 Å². The maximum atomic E-state index is 12.3. The number of nitrogens with one attached hydrogen (secondary N) is 3. The number of hydrogen-bond acceptors (Lipinski definition) is 4. The topological polar surface area (TPSA) is 105 Å². The normalized spacial score (nSPS) is 10.4. The number of aryl methyl sites for hydroxylation is 1. The highest BCUT2D eigenvalue weighted by Crippen LogP contribution is 2.19. The monoisotopic (exact) mass is 340 g/mol. The molecule has 0 saturated carbocycles. The molecule has 2 heterocycles. The number of furan rings is 1. The average Bonchev–Trinajstić information content (AvgIpc) is 3.26. The number of nitrogens with zero attached hydrogens (tertiary/aromatic N) is 1. The number of hydrazine groups is 1. The van der Waals surface area contributed by atoms with Crippen LogP contribution in [-0.4, -0.2) is 28.8 Å². The predicted molar refractivity (Wildman–Crippen MR) is 89.6 cm³/mol. The highest BCUT2D eigenvalue weighted by Gasteiger charge is 2.15. The molecule has 3 N–H and O–H groups in total. The summed E-state index contributed by atoms with van der Waals surface area (Å²) in [7, 11) is 1.84. The molecule has 0 radical (unpaired) electrons. The standard InChI is InChI=1S/C17H16N4O4/c1-21-10-12(11-5-2-3-6-13(11)21)16(23)20-19-15(22)9-18-17(24)14-7-4-8-25-14/h2-8,10H,9H2,1H3,(H,18,24)(H,19,22)(H,20,23). The van der Waals surface area contributed by atoms with Gasteiger partial charge in [-0.25, -0.2) is 0 Å². The van der Waals surface area contributed by atoms with E-state index >= 15 is 0 Å². The number of aromatic nitrogens is 1. The van der Waals surface area contributed by atoms with E-state index < -0.39 is 17.7 Å². The molecule has 0 unspecified atom stereocenters. The Morgan fingerprint density at radius 1 is 1.04 bits per heavy atom. The molecule has 8 nitrogen and oxygen atoms in total. The molecule has 0 atom stereocenters. The molecule has 25 heavy (non-hydrogen) atoms. The Hall–Kier alpha value is -3.55. The third kappa shape index (κ3) is 3.52. The molecule has 0 saturated heterocycles. The molecule has 0 bridgehead atoms. The SMILES string of the molecule is Cn1cc(C(=O)NNC(=O)CNC(=O)c2ccco2)c2ccccc21. The van der Waals surface area contributed by atoms with Gasteiger partial charge in [0.25, 0.3) is 17.7 Å². The zero-order valence-electron chi connectivity index (χ0n) is 13.4. The number of hydrogen-bond donors (Lipinski definition) is 3. The van der Waals surface area contributed by atoms with E-state index in [2.05, 4.69) is 16.2 Å². The van der Waals surface area contributed by atoms with Crippen molar-refractivity contribution >= 4 is 28.6 Å². The van der Waals surface area contributed by atoms with E-state index in [-0.39, 0.29) is 12.3 Å². The molecule has 0 aliphatic heterocycles. The predicted octanol–water partition coefficient (Wildman–Crippen LogP) is 0.962. The highest BCUT2D eigenvalue weighted by molar-refractivity contribution is 6.07. The van der Waals surface area contributed by atoms with Crippen molar-refractivity contribution in [1.82, 2.24) is 20.7 Å². The van der Waals surface area contributed by atoms with Crippen LogP contribution in [0.2, 0.25) is 0 Å². The van der Waals surface area contributed by atoms with Gasteiger partial charge < -0.3 is 14.3 Å². The van der Waals surface area contributed by atoms with Crippen molar-refractivity contribution in [1.29, 1.82) is 0 Å². The second kappa shape index (κ2) is 6.91. The minimum atomic E-state index is -0.562. The van der Waals surface area contributed by atoms with Crippen LogP contribution in [-0.2, 0) is 11.8 Å². The second-order valence-electron chi connectivity index (χ2n) is 5.33. The maximum Gasteiger partial charge on any atom is 0.287 e. The quantitative estimate of drug-likeness (QED) is 0.615. The fourth-order valence-corrected chi connectivity index (χ4v) is 2.42. The molecular weight excluding hydrogens is 324 g/mol. The molecule has 0 fully saturated rings. The lowest BCUT2D eigenvalue weighted by molar-refractivity contribution is -0.120. The second-order valence-corrected chi connectivity index (χ2v) is 5.33. The number of rotatable bonds is 4. The van der Waals surface area contributed by atoms with Crippen LogP contribution in [0.3, 0.4) is 0 Å². The first kappa shape index (κ1) is 16.3. The molecular formula is C17H16N4O4. The summed E-state index contributed by atoms with van der Waals surface area (Å²) < 4.78 is 6.74. The Kier molecular flexibility index (Phi) is 4.51. The van der Waals surface area contributed by atoms with Gasteiger partial charge >= 0.3 is 0 Å². The molecule has 0 aliphatic rings. The Bertz CT molecular complexity index is 927. The largest absolute Gasteiger partial charge is 0.459 e. The Labute approximate surface area is 142 Å². The Balaban J connectivity index is 1.55. The van der Waals surface area contributed by atoms with Gasteiger partial charge in [-0.15, -0.1) is 0 Å². The summed E-state index contributed by atoms with van der Waals surface area (Å²) in [5.74, 6) is -1.41. The fourth-order valence-electron chi connectivity index (χ4n) is 2.42. The number of fused-ring (bicyclic) bond motifs is 1. The van der Waals surface area contributed by atoms with Crippen molar-refractivity contribution in [2.24, 2.45) is 7.05 Å². The molecule has 128 valence electrons. The highest BCUT2D eigenvalue weighted by atomic mass is 16.3. The van der Waals surface area contributed by atoms with Crippen LogP contribution in [0.4, 0.5) is 0 Å². The van der Waals surface area contributed by atoms with E-state index in [4.69, 9.17) is 4.42 Å². The first-order valence-corrected chi connectivity index (χ1v) is 7.51. The summed E-state index contributed by atoms with van der Waals surface area (Å²) in [6.45, 7) is -0.296. The van der Waals surface area contributed by atoms with Crippen molar-refractivity contribution in [2.75, 3.05) is 6.54 Å². The first-order valence-electron chi connectivity index (χ1n) is 7.51. The summed E-state index contributed by atoms with van der Waals surface area (Å²) in [4.78, 5) is 35.6. The lowest BCUT2D eigenvalue weighted by Gasteiger charge is -2.07. The number of amides is 3. The van der Waals surface area contributed by atoms with E-state index in [1.165, 1.54) is 12.3 Å². The number of para-hydroxylation sites is 1. The van der Waals surface area contributed by atoms with Crippen molar-refractivity contribution in [3.05, 3.63) is 60.2 Å². The van der Waals surface area contributed by atoms with E-state index in [9.17, 15) is 14.4 Å². The zero-order chi connectivity index (χ0) is 17.8. The lowest BCUT2D eigenvalue weighted by Crippen LogP contribution is -2.46. The molecule has 0 aliphatic carbocycles. The molecule has 0 spiro atoms. The Morgan fingerprint density at radius 3 is 2.60 bits per heavy atom. The van der Waals surface area contributed by atoms with Gasteiger partial charge in [0.1, 0.15) is 0 Å². The summed E-state index contributed by atoms with van der Waals surface area (Å²) in [5, 5.41) is 3.16. The summed E-state index contributed by atoms with van der Waals surface area (Å²) in [6, 6.07) is 10.5. The molecule has 2 aromatic heterocycles. The van der Waals surface area contributed by atoms with Crippen LogP contribution in [0.5, 0.6) is 0 Å². The first-order chi connectivity index (χ1) is 12.1. The van der Waals surface area contributed by atoms with Crippen LogP contribution < -0.4 is 16.2 Å². The summed E-state index contributed by atoms with van der Waals surface area (Å²) in [6.07, 6.45) is 3.05. The number of carbonyl (C=O) groups excluding carboxylic acids is 3. The third-order valence-corrected chi connectivity index (χ3v) is 3.61. The lowest BCUT2D eigenvalue weighted by atomic mass is 10.2. The molecule has 3 aromatic rings. The van der Waals surface area contributed by atoms with Gasteiger partial charge in [-0.05, 0) is 18.2 Å². The van der Waals surface area contributed by atoms with E-state index in [0.29, 0.717) is 5.56 Å².